The Bertz CT molecular complexity index is 435. The molecule has 0 radical (unpaired) electrons. The molecule has 1 saturated heterocycles. The van der Waals surface area contributed by atoms with Crippen LogP contribution in [0.1, 0.15) is 5.56 Å². The molecule has 0 spiro atoms. The van der Waals surface area contributed by atoms with Crippen LogP contribution >= 0.6 is 0 Å². The second-order valence-electron chi connectivity index (χ2n) is 3.85. The third-order valence-electron chi connectivity index (χ3n) is 2.61. The summed E-state index contributed by atoms with van der Waals surface area (Å²) in [6, 6.07) is 8.61. The van der Waals surface area contributed by atoms with Crippen LogP contribution in [-0.2, 0) is 20.9 Å². The topological polar surface area (TPSA) is 76.7 Å². The average molecular weight is 250 g/mol. The van der Waals surface area contributed by atoms with E-state index in [0.717, 1.165) is 5.56 Å². The molecule has 1 heterocycles. The van der Waals surface area contributed by atoms with Gasteiger partial charge in [0.25, 0.3) is 0 Å². The van der Waals surface area contributed by atoms with E-state index in [2.05, 4.69) is 10.6 Å². The Morgan fingerprint density at radius 3 is 2.72 bits per heavy atom. The quantitative estimate of drug-likeness (QED) is 0.758. The van der Waals surface area contributed by atoms with Crippen molar-refractivity contribution in [2.45, 2.75) is 18.9 Å². The SMILES string of the molecule is CO[C@H]1NC(=O)[C@H]1NC(=O)OCc1ccccc1. The summed E-state index contributed by atoms with van der Waals surface area (Å²) in [6.45, 7) is 0.165. The highest BCUT2D eigenvalue weighted by molar-refractivity contribution is 5.91. The highest BCUT2D eigenvalue weighted by Gasteiger charge is 2.41. The smallest absolute Gasteiger partial charge is 0.408 e. The predicted octanol–water partition coefficient (Wildman–Crippen LogP) is 0.384. The van der Waals surface area contributed by atoms with Gasteiger partial charge in [-0.05, 0) is 5.56 Å². The fourth-order valence-electron chi connectivity index (χ4n) is 1.58. The molecule has 0 aliphatic carbocycles. The number of β-lactam (4-membered cyclic amide) rings is 1. The maximum atomic E-state index is 11.5. The van der Waals surface area contributed by atoms with Crippen molar-refractivity contribution in [1.29, 1.82) is 0 Å². The zero-order valence-corrected chi connectivity index (χ0v) is 9.88. The van der Waals surface area contributed by atoms with Gasteiger partial charge in [-0.2, -0.15) is 0 Å². The summed E-state index contributed by atoms with van der Waals surface area (Å²) in [6.07, 6.45) is -1.12. The molecule has 2 atom stereocenters. The molecule has 1 aromatic carbocycles. The first-order chi connectivity index (χ1) is 8.70. The van der Waals surface area contributed by atoms with E-state index in [9.17, 15) is 9.59 Å². The van der Waals surface area contributed by atoms with Crippen LogP contribution in [0.4, 0.5) is 4.79 Å². The van der Waals surface area contributed by atoms with Crippen molar-refractivity contribution in [1.82, 2.24) is 10.6 Å². The fourth-order valence-corrected chi connectivity index (χ4v) is 1.58. The van der Waals surface area contributed by atoms with Crippen molar-refractivity contribution in [2.24, 2.45) is 0 Å². The van der Waals surface area contributed by atoms with Crippen LogP contribution in [0.3, 0.4) is 0 Å². The van der Waals surface area contributed by atoms with E-state index in [0.29, 0.717) is 0 Å². The minimum atomic E-state index is -0.682. The number of carbonyl (C=O) groups is 2. The van der Waals surface area contributed by atoms with Crippen LogP contribution in [0, 0.1) is 0 Å². The predicted molar refractivity (Wildman–Crippen MR) is 62.5 cm³/mol. The third kappa shape index (κ3) is 2.78. The molecule has 1 fully saturated rings. The van der Waals surface area contributed by atoms with E-state index < -0.39 is 18.4 Å². The van der Waals surface area contributed by atoms with Crippen molar-refractivity contribution in [3.8, 4) is 0 Å². The van der Waals surface area contributed by atoms with Crippen LogP contribution in [-0.4, -0.2) is 31.4 Å². The Balaban J connectivity index is 1.77. The fraction of sp³-hybridized carbons (Fsp3) is 0.333. The molecular formula is C12H14N2O4. The lowest BCUT2D eigenvalue weighted by molar-refractivity contribution is -0.143. The summed E-state index contributed by atoms with van der Waals surface area (Å²) < 4.78 is 9.92. The number of rotatable bonds is 4. The standard InChI is InChI=1S/C12H14N2O4/c1-17-11-9(10(15)14-11)13-12(16)18-7-8-5-3-2-4-6-8/h2-6,9,11H,7H2,1H3,(H,13,16)(H,14,15)/t9-,11-/m1/s1. The second-order valence-corrected chi connectivity index (χ2v) is 3.85. The normalized spacial score (nSPS) is 21.7. The van der Waals surface area contributed by atoms with Gasteiger partial charge in [0.15, 0.2) is 12.3 Å². The van der Waals surface area contributed by atoms with Gasteiger partial charge in [-0.1, -0.05) is 30.3 Å². The number of hydrogen-bond acceptors (Lipinski definition) is 4. The average Bonchev–Trinajstić information content (AvgIpc) is 2.41. The minimum absolute atomic E-state index is 0.165. The summed E-state index contributed by atoms with van der Waals surface area (Å²) in [5, 5.41) is 4.93. The van der Waals surface area contributed by atoms with Gasteiger partial charge in [-0.15, -0.1) is 0 Å². The number of hydrogen-bond donors (Lipinski definition) is 2. The lowest BCUT2D eigenvalue weighted by Gasteiger charge is -2.35. The Hall–Kier alpha value is -2.08. The first-order valence-corrected chi connectivity index (χ1v) is 5.51. The molecule has 0 saturated carbocycles. The van der Waals surface area contributed by atoms with Crippen molar-refractivity contribution in [3.05, 3.63) is 35.9 Å². The van der Waals surface area contributed by atoms with Crippen molar-refractivity contribution in [2.75, 3.05) is 7.11 Å². The van der Waals surface area contributed by atoms with Gasteiger partial charge in [0, 0.05) is 7.11 Å². The monoisotopic (exact) mass is 250 g/mol. The number of alkyl carbamates (subject to hydrolysis) is 1. The molecule has 2 N–H and O–H groups in total. The number of carbonyl (C=O) groups excluding carboxylic acids is 2. The lowest BCUT2D eigenvalue weighted by Crippen LogP contribution is -2.69. The molecule has 0 aromatic heterocycles. The number of ether oxygens (including phenoxy) is 2. The minimum Gasteiger partial charge on any atom is -0.445 e. The summed E-state index contributed by atoms with van der Waals surface area (Å²) in [5.74, 6) is -0.279. The Labute approximate surface area is 104 Å². The van der Waals surface area contributed by atoms with Gasteiger partial charge in [0.1, 0.15) is 6.61 Å². The van der Waals surface area contributed by atoms with Crippen LogP contribution in [0.15, 0.2) is 30.3 Å². The van der Waals surface area contributed by atoms with Crippen LogP contribution in [0.25, 0.3) is 0 Å². The molecule has 18 heavy (non-hydrogen) atoms. The van der Waals surface area contributed by atoms with Gasteiger partial charge in [-0.3, -0.25) is 4.79 Å². The highest BCUT2D eigenvalue weighted by atomic mass is 16.5. The van der Waals surface area contributed by atoms with E-state index in [-0.39, 0.29) is 12.5 Å². The van der Waals surface area contributed by atoms with Gasteiger partial charge < -0.3 is 20.1 Å². The maximum absolute atomic E-state index is 11.5. The summed E-state index contributed by atoms with van der Waals surface area (Å²) in [4.78, 5) is 22.6. The molecule has 1 aromatic rings. The molecule has 0 bridgehead atoms. The van der Waals surface area contributed by atoms with E-state index in [1.807, 2.05) is 30.3 Å². The molecule has 1 aliphatic heterocycles. The van der Waals surface area contributed by atoms with E-state index in [1.165, 1.54) is 7.11 Å². The molecular weight excluding hydrogens is 236 g/mol. The first-order valence-electron chi connectivity index (χ1n) is 5.51. The first kappa shape index (κ1) is 12.4. The van der Waals surface area contributed by atoms with Gasteiger partial charge >= 0.3 is 6.09 Å². The van der Waals surface area contributed by atoms with Crippen LogP contribution in [0.5, 0.6) is 0 Å². The van der Waals surface area contributed by atoms with Gasteiger partial charge in [0.05, 0.1) is 0 Å². The number of benzene rings is 1. The van der Waals surface area contributed by atoms with Crippen LogP contribution in [0.2, 0.25) is 0 Å². The Kier molecular flexibility index (Phi) is 3.78. The van der Waals surface area contributed by atoms with Crippen molar-refractivity contribution in [3.63, 3.8) is 0 Å². The molecule has 6 nitrogen and oxygen atoms in total. The Morgan fingerprint density at radius 2 is 2.11 bits per heavy atom. The molecule has 0 unspecified atom stereocenters. The van der Waals surface area contributed by atoms with E-state index in [1.54, 1.807) is 0 Å². The van der Waals surface area contributed by atoms with Gasteiger partial charge in [-0.25, -0.2) is 4.79 Å². The zero-order valence-electron chi connectivity index (χ0n) is 9.88. The summed E-state index contributed by atoms with van der Waals surface area (Å²) >= 11 is 0. The lowest BCUT2D eigenvalue weighted by atomic mass is 10.1. The Morgan fingerprint density at radius 1 is 1.39 bits per heavy atom. The highest BCUT2D eigenvalue weighted by Crippen LogP contribution is 2.07. The number of nitrogens with one attached hydrogen (secondary N) is 2. The molecule has 2 amide bonds. The summed E-state index contributed by atoms with van der Waals surface area (Å²) in [5.41, 5.74) is 0.883. The molecule has 96 valence electrons. The summed E-state index contributed by atoms with van der Waals surface area (Å²) in [7, 11) is 1.45. The second kappa shape index (κ2) is 5.50. The number of methoxy groups -OCH3 is 1. The largest absolute Gasteiger partial charge is 0.445 e. The van der Waals surface area contributed by atoms with Gasteiger partial charge in [0.2, 0.25) is 5.91 Å². The third-order valence-corrected chi connectivity index (χ3v) is 2.61. The molecule has 2 rings (SSSR count). The van der Waals surface area contributed by atoms with Crippen molar-refractivity contribution < 1.29 is 19.1 Å². The van der Waals surface area contributed by atoms with Crippen LogP contribution < -0.4 is 10.6 Å². The number of amides is 2. The maximum Gasteiger partial charge on any atom is 0.408 e. The molecule has 6 heteroatoms. The van der Waals surface area contributed by atoms with E-state index in [4.69, 9.17) is 9.47 Å². The molecule has 1 aliphatic rings. The zero-order chi connectivity index (χ0) is 13.0. The van der Waals surface area contributed by atoms with E-state index >= 15 is 0 Å². The van der Waals surface area contributed by atoms with Crippen molar-refractivity contribution >= 4 is 12.0 Å².